The summed E-state index contributed by atoms with van der Waals surface area (Å²) in [7, 11) is 0. The lowest BCUT2D eigenvalue weighted by Gasteiger charge is -2.35. The number of hydrogen-bond donors (Lipinski definition) is 2. The third-order valence-electron chi connectivity index (χ3n) is 5.75. The lowest BCUT2D eigenvalue weighted by molar-refractivity contribution is -0.146. The normalized spacial score (nSPS) is 25.5. The van der Waals surface area contributed by atoms with E-state index in [4.69, 9.17) is 19.7 Å². The molecule has 2 N–H and O–H groups in total. The molecule has 2 amide bonds. The van der Waals surface area contributed by atoms with Crippen LogP contribution in [0.5, 0.6) is 0 Å². The Bertz CT molecular complexity index is 678. The quantitative estimate of drug-likeness (QED) is 0.600. The minimum absolute atomic E-state index is 0.0335. The number of amides is 2. The number of carboxylic acid groups (broad SMARTS) is 2. The minimum Gasteiger partial charge on any atom is -0.481 e. The maximum Gasteiger partial charge on any atom is 0.410 e. The van der Waals surface area contributed by atoms with Crippen molar-refractivity contribution in [2.45, 2.75) is 79.4 Å². The molecular formula is C24H42N2O8. The zero-order valence-electron chi connectivity index (χ0n) is 21.8. The van der Waals surface area contributed by atoms with Gasteiger partial charge in [-0.1, -0.05) is 13.8 Å². The fraction of sp³-hybridized carbons (Fsp3) is 0.833. The number of carbonyl (C=O) groups excluding carboxylic acids is 2. The van der Waals surface area contributed by atoms with Gasteiger partial charge in [0.15, 0.2) is 0 Å². The van der Waals surface area contributed by atoms with Gasteiger partial charge in [0.05, 0.1) is 11.8 Å². The molecule has 2 heterocycles. The molecule has 0 bridgehead atoms. The van der Waals surface area contributed by atoms with Crippen molar-refractivity contribution < 1.29 is 38.9 Å². The molecule has 10 nitrogen and oxygen atoms in total. The smallest absolute Gasteiger partial charge is 0.410 e. The lowest BCUT2D eigenvalue weighted by Crippen LogP contribution is -2.46. The van der Waals surface area contributed by atoms with Gasteiger partial charge in [-0.2, -0.15) is 0 Å². The summed E-state index contributed by atoms with van der Waals surface area (Å²) in [5.74, 6) is -2.33. The van der Waals surface area contributed by atoms with Crippen molar-refractivity contribution in [3.63, 3.8) is 0 Å². The van der Waals surface area contributed by atoms with Crippen LogP contribution >= 0.6 is 0 Å². The summed E-state index contributed by atoms with van der Waals surface area (Å²) in [5, 5.41) is 18.0. The van der Waals surface area contributed by atoms with E-state index >= 15 is 0 Å². The molecule has 4 unspecified atom stereocenters. The average Bonchev–Trinajstić information content (AvgIpc) is 2.65. The van der Waals surface area contributed by atoms with Crippen LogP contribution in [0.2, 0.25) is 0 Å². The Morgan fingerprint density at radius 2 is 0.971 bits per heavy atom. The molecule has 0 aromatic rings. The highest BCUT2D eigenvalue weighted by Gasteiger charge is 2.35. The first-order valence-corrected chi connectivity index (χ1v) is 11.8. The molecule has 2 aliphatic rings. The Morgan fingerprint density at radius 1 is 0.676 bits per heavy atom. The highest BCUT2D eigenvalue weighted by atomic mass is 16.6. The van der Waals surface area contributed by atoms with E-state index in [1.165, 1.54) is 0 Å². The second kappa shape index (κ2) is 11.8. The molecular weight excluding hydrogens is 444 g/mol. The molecule has 34 heavy (non-hydrogen) atoms. The molecule has 0 radical (unpaired) electrons. The van der Waals surface area contributed by atoms with Crippen molar-refractivity contribution in [2.75, 3.05) is 26.2 Å². The Morgan fingerprint density at radius 3 is 1.18 bits per heavy atom. The van der Waals surface area contributed by atoms with Gasteiger partial charge >= 0.3 is 24.1 Å². The third-order valence-corrected chi connectivity index (χ3v) is 5.75. The summed E-state index contributed by atoms with van der Waals surface area (Å²) in [6, 6.07) is 0. The monoisotopic (exact) mass is 486 g/mol. The molecule has 4 atom stereocenters. The van der Waals surface area contributed by atoms with Gasteiger partial charge in [-0.15, -0.1) is 0 Å². The largest absolute Gasteiger partial charge is 0.481 e. The van der Waals surface area contributed by atoms with Crippen LogP contribution in [0.4, 0.5) is 9.59 Å². The van der Waals surface area contributed by atoms with E-state index in [0.29, 0.717) is 39.0 Å². The number of carboxylic acids is 2. The van der Waals surface area contributed by atoms with E-state index in [1.54, 1.807) is 9.80 Å². The van der Waals surface area contributed by atoms with E-state index in [2.05, 4.69) is 0 Å². The van der Waals surface area contributed by atoms with Crippen LogP contribution in [0.1, 0.15) is 68.2 Å². The van der Waals surface area contributed by atoms with E-state index in [1.807, 2.05) is 55.4 Å². The third kappa shape index (κ3) is 9.77. The maximum absolute atomic E-state index is 11.8. The first-order valence-electron chi connectivity index (χ1n) is 11.8. The van der Waals surface area contributed by atoms with Gasteiger partial charge in [0, 0.05) is 26.2 Å². The van der Waals surface area contributed by atoms with Gasteiger partial charge in [-0.25, -0.2) is 9.59 Å². The number of carbonyl (C=O) groups is 4. The molecule has 196 valence electrons. The Kier molecular flexibility index (Phi) is 10.2. The van der Waals surface area contributed by atoms with Gasteiger partial charge in [0.25, 0.3) is 0 Å². The Hall–Kier alpha value is -2.52. The minimum atomic E-state index is -0.777. The van der Waals surface area contributed by atoms with Gasteiger partial charge in [0.1, 0.15) is 11.2 Å². The van der Waals surface area contributed by atoms with Gasteiger partial charge < -0.3 is 29.5 Å². The summed E-state index contributed by atoms with van der Waals surface area (Å²) in [4.78, 5) is 48.6. The van der Waals surface area contributed by atoms with Crippen molar-refractivity contribution in [3.05, 3.63) is 0 Å². The van der Waals surface area contributed by atoms with Crippen LogP contribution in [-0.2, 0) is 19.1 Å². The standard InChI is InChI=1S/2C12H21NO4/c2*1-8-7-13(6-5-9(8)10(14)15)11(16)17-12(2,3)4/h2*8-9H,5-7H2,1-4H3,(H,14,15). The number of nitrogens with zero attached hydrogens (tertiary/aromatic N) is 2. The molecule has 0 aliphatic carbocycles. The number of rotatable bonds is 2. The fourth-order valence-electron chi connectivity index (χ4n) is 4.01. The van der Waals surface area contributed by atoms with Crippen LogP contribution in [0.25, 0.3) is 0 Å². The van der Waals surface area contributed by atoms with Gasteiger partial charge in [-0.05, 0) is 66.2 Å². The van der Waals surface area contributed by atoms with Crippen LogP contribution in [0, 0.1) is 23.7 Å². The zero-order valence-corrected chi connectivity index (χ0v) is 21.8. The molecule has 0 aromatic carbocycles. The van der Waals surface area contributed by atoms with E-state index in [9.17, 15) is 19.2 Å². The lowest BCUT2D eigenvalue weighted by atomic mass is 9.87. The summed E-state index contributed by atoms with van der Waals surface area (Å²) in [6.07, 6.45) is 0.284. The molecule has 0 aromatic heterocycles. The second-order valence-corrected chi connectivity index (χ2v) is 11.3. The fourth-order valence-corrected chi connectivity index (χ4v) is 4.01. The van der Waals surface area contributed by atoms with E-state index in [-0.39, 0.29) is 35.9 Å². The van der Waals surface area contributed by atoms with E-state index < -0.39 is 23.1 Å². The van der Waals surface area contributed by atoms with Crippen LogP contribution < -0.4 is 0 Å². The van der Waals surface area contributed by atoms with Crippen molar-refractivity contribution in [2.24, 2.45) is 23.7 Å². The molecule has 2 saturated heterocycles. The van der Waals surface area contributed by atoms with E-state index in [0.717, 1.165) is 0 Å². The average molecular weight is 487 g/mol. The second-order valence-electron chi connectivity index (χ2n) is 11.3. The van der Waals surface area contributed by atoms with Crippen molar-refractivity contribution in [3.8, 4) is 0 Å². The Balaban J connectivity index is 0.000000340. The Labute approximate surface area is 202 Å². The molecule has 2 aliphatic heterocycles. The first kappa shape index (κ1) is 29.5. The topological polar surface area (TPSA) is 134 Å². The summed E-state index contributed by atoms with van der Waals surface area (Å²) in [6.45, 7) is 16.4. The number of ether oxygens (including phenoxy) is 2. The van der Waals surface area contributed by atoms with Crippen molar-refractivity contribution >= 4 is 24.1 Å². The number of hydrogen-bond acceptors (Lipinski definition) is 6. The first-order chi connectivity index (χ1) is 15.4. The predicted molar refractivity (Wildman–Crippen MR) is 125 cm³/mol. The van der Waals surface area contributed by atoms with Gasteiger partial charge in [0.2, 0.25) is 0 Å². The molecule has 10 heteroatoms. The summed E-state index contributed by atoms with van der Waals surface area (Å²) < 4.78 is 10.5. The SMILES string of the molecule is CC1CN(C(=O)OC(C)(C)C)CCC1C(=O)O.CC1CN(C(=O)OC(C)(C)C)CCC1C(=O)O. The van der Waals surface area contributed by atoms with Gasteiger partial charge in [-0.3, -0.25) is 9.59 Å². The molecule has 0 saturated carbocycles. The maximum atomic E-state index is 11.8. The number of aliphatic carboxylic acids is 2. The van der Waals surface area contributed by atoms with Crippen molar-refractivity contribution in [1.29, 1.82) is 0 Å². The molecule has 2 fully saturated rings. The highest BCUT2D eigenvalue weighted by Crippen LogP contribution is 2.26. The predicted octanol–water partition coefficient (Wildman–Crippen LogP) is 3.93. The number of likely N-dealkylation sites (tertiary alicyclic amines) is 2. The molecule has 2 rings (SSSR count). The summed E-state index contributed by atoms with van der Waals surface area (Å²) in [5.41, 5.74) is -1.02. The van der Waals surface area contributed by atoms with Crippen LogP contribution in [-0.4, -0.2) is 81.5 Å². The van der Waals surface area contributed by atoms with Crippen LogP contribution in [0.15, 0.2) is 0 Å². The summed E-state index contributed by atoms with van der Waals surface area (Å²) >= 11 is 0. The van der Waals surface area contributed by atoms with Crippen molar-refractivity contribution in [1.82, 2.24) is 9.80 Å². The van der Waals surface area contributed by atoms with Crippen LogP contribution in [0.3, 0.4) is 0 Å². The zero-order chi connectivity index (χ0) is 26.4. The highest BCUT2D eigenvalue weighted by molar-refractivity contribution is 5.73. The number of piperidine rings is 2. The molecule has 0 spiro atoms.